The number of nitrogens with two attached hydrogens (primary N) is 1. The zero-order valence-electron chi connectivity index (χ0n) is 16.8. The highest BCUT2D eigenvalue weighted by Crippen LogP contribution is 2.19. The van der Waals surface area contributed by atoms with Crippen LogP contribution >= 0.6 is 11.8 Å². The second-order valence-corrected chi connectivity index (χ2v) is 7.81. The third kappa shape index (κ3) is 5.74. The highest BCUT2D eigenvalue weighted by atomic mass is 32.2. The van der Waals surface area contributed by atoms with Crippen molar-refractivity contribution in [3.63, 3.8) is 0 Å². The monoisotopic (exact) mass is 411 g/mol. The molecule has 3 aromatic rings. The van der Waals surface area contributed by atoms with Crippen molar-refractivity contribution in [1.29, 1.82) is 0 Å². The lowest BCUT2D eigenvalue weighted by Gasteiger charge is -2.13. The predicted molar refractivity (Wildman–Crippen MR) is 114 cm³/mol. The molecule has 8 heteroatoms. The van der Waals surface area contributed by atoms with Gasteiger partial charge in [0.2, 0.25) is 11.1 Å². The van der Waals surface area contributed by atoms with Gasteiger partial charge in [-0.3, -0.25) is 4.79 Å². The number of amides is 1. The highest BCUT2D eigenvalue weighted by molar-refractivity contribution is 7.99. The minimum atomic E-state index is -0.0950. The maximum atomic E-state index is 12.2. The molecular formula is C21H25N5O2S. The van der Waals surface area contributed by atoms with Crippen LogP contribution in [0.1, 0.15) is 35.5 Å². The molecule has 0 fully saturated rings. The number of aryl methyl sites for hydroxylation is 2. The number of aromatic nitrogens is 3. The van der Waals surface area contributed by atoms with Crippen molar-refractivity contribution >= 4 is 17.7 Å². The van der Waals surface area contributed by atoms with E-state index in [0.717, 1.165) is 22.4 Å². The fraction of sp³-hybridized carbons (Fsp3) is 0.286. The third-order valence-electron chi connectivity index (χ3n) is 4.31. The van der Waals surface area contributed by atoms with Crippen LogP contribution in [-0.4, -0.2) is 26.5 Å². The molecular weight excluding hydrogens is 386 g/mol. The molecule has 1 heterocycles. The number of nitrogens with one attached hydrogen (secondary N) is 1. The Bertz CT molecular complexity index is 954. The number of carbonyl (C=O) groups excluding carboxylic acids is 1. The van der Waals surface area contributed by atoms with Gasteiger partial charge in [0.05, 0.1) is 11.8 Å². The van der Waals surface area contributed by atoms with Crippen molar-refractivity contribution in [3.05, 3.63) is 71.0 Å². The number of hydrogen-bond donors (Lipinski definition) is 2. The van der Waals surface area contributed by atoms with E-state index in [-0.39, 0.29) is 24.3 Å². The van der Waals surface area contributed by atoms with E-state index in [4.69, 9.17) is 10.6 Å². The van der Waals surface area contributed by atoms with Crippen LogP contribution in [0.25, 0.3) is 0 Å². The minimum Gasteiger partial charge on any atom is -0.486 e. The first-order valence-electron chi connectivity index (χ1n) is 9.30. The minimum absolute atomic E-state index is 0.0678. The largest absolute Gasteiger partial charge is 0.486 e. The van der Waals surface area contributed by atoms with Crippen molar-refractivity contribution < 1.29 is 9.53 Å². The summed E-state index contributed by atoms with van der Waals surface area (Å²) in [5, 5.41) is 11.6. The number of carbonyl (C=O) groups is 1. The number of benzene rings is 2. The molecule has 0 saturated carbocycles. The Labute approximate surface area is 174 Å². The van der Waals surface area contributed by atoms with E-state index in [0.29, 0.717) is 11.0 Å². The van der Waals surface area contributed by atoms with E-state index >= 15 is 0 Å². The van der Waals surface area contributed by atoms with E-state index in [1.165, 1.54) is 16.4 Å². The average Bonchev–Trinajstić information content (AvgIpc) is 3.04. The van der Waals surface area contributed by atoms with Crippen LogP contribution < -0.4 is 15.9 Å². The number of rotatable bonds is 8. The molecule has 0 aliphatic rings. The van der Waals surface area contributed by atoms with E-state index in [1.54, 1.807) is 0 Å². The average molecular weight is 412 g/mol. The summed E-state index contributed by atoms with van der Waals surface area (Å²) in [6, 6.07) is 15.7. The Kier molecular flexibility index (Phi) is 6.77. The first-order valence-corrected chi connectivity index (χ1v) is 10.3. The second kappa shape index (κ2) is 9.47. The second-order valence-electron chi connectivity index (χ2n) is 6.87. The molecule has 1 atom stereocenters. The van der Waals surface area contributed by atoms with Gasteiger partial charge in [0.15, 0.2) is 5.82 Å². The summed E-state index contributed by atoms with van der Waals surface area (Å²) in [4.78, 5) is 12.2. The fourth-order valence-electron chi connectivity index (χ4n) is 2.91. The molecule has 2 aromatic carbocycles. The molecule has 152 valence electrons. The van der Waals surface area contributed by atoms with Crippen LogP contribution in [0.3, 0.4) is 0 Å². The summed E-state index contributed by atoms with van der Waals surface area (Å²) in [5.41, 5.74) is 3.31. The summed E-state index contributed by atoms with van der Waals surface area (Å²) >= 11 is 1.24. The highest BCUT2D eigenvalue weighted by Gasteiger charge is 2.14. The molecule has 3 rings (SSSR count). The first kappa shape index (κ1) is 20.7. The maximum absolute atomic E-state index is 12.2. The van der Waals surface area contributed by atoms with E-state index in [2.05, 4.69) is 21.6 Å². The van der Waals surface area contributed by atoms with Crippen LogP contribution in [0, 0.1) is 13.8 Å². The van der Waals surface area contributed by atoms with Crippen LogP contribution in [0.15, 0.2) is 53.7 Å². The molecule has 3 N–H and O–H groups in total. The lowest BCUT2D eigenvalue weighted by atomic mass is 10.1. The molecule has 29 heavy (non-hydrogen) atoms. The van der Waals surface area contributed by atoms with Gasteiger partial charge in [-0.2, -0.15) is 0 Å². The van der Waals surface area contributed by atoms with Gasteiger partial charge in [0.1, 0.15) is 12.4 Å². The Morgan fingerprint density at radius 1 is 1.17 bits per heavy atom. The van der Waals surface area contributed by atoms with E-state index < -0.39 is 0 Å². The summed E-state index contributed by atoms with van der Waals surface area (Å²) in [7, 11) is 0. The smallest absolute Gasteiger partial charge is 0.230 e. The molecule has 0 saturated heterocycles. The van der Waals surface area contributed by atoms with Crippen LogP contribution in [0.2, 0.25) is 0 Å². The summed E-state index contributed by atoms with van der Waals surface area (Å²) in [6.45, 7) is 6.18. The lowest BCUT2D eigenvalue weighted by Crippen LogP contribution is -2.28. The van der Waals surface area contributed by atoms with Crippen molar-refractivity contribution in [3.8, 4) is 5.75 Å². The van der Waals surface area contributed by atoms with Crippen LogP contribution in [-0.2, 0) is 11.4 Å². The summed E-state index contributed by atoms with van der Waals surface area (Å²) in [6.07, 6.45) is 0. The van der Waals surface area contributed by atoms with Gasteiger partial charge in [-0.25, -0.2) is 4.68 Å². The molecule has 7 nitrogen and oxygen atoms in total. The van der Waals surface area contributed by atoms with Gasteiger partial charge in [-0.05, 0) is 49.6 Å². The molecule has 0 unspecified atom stereocenters. The Morgan fingerprint density at radius 2 is 1.86 bits per heavy atom. The lowest BCUT2D eigenvalue weighted by molar-refractivity contribution is -0.119. The molecule has 0 bridgehead atoms. The SMILES string of the molecule is Cc1cc(C)cc(OCc2nnc(SCC(=O)N[C@@H](C)c3ccccc3)n2N)c1. The first-order chi connectivity index (χ1) is 13.9. The molecule has 0 aliphatic heterocycles. The standard InChI is InChI=1S/C21H25N5O2S/c1-14-9-15(2)11-18(10-14)28-12-19-24-25-21(26(19)22)29-13-20(27)23-16(3)17-7-5-4-6-8-17/h4-11,16H,12-13,22H2,1-3H3,(H,23,27)/t16-/m0/s1. The van der Waals surface area contributed by atoms with Crippen molar-refractivity contribution in [1.82, 2.24) is 20.2 Å². The predicted octanol–water partition coefficient (Wildman–Crippen LogP) is 3.16. The zero-order valence-corrected chi connectivity index (χ0v) is 17.6. The normalized spacial score (nSPS) is 11.8. The van der Waals surface area contributed by atoms with E-state index in [1.807, 2.05) is 63.2 Å². The molecule has 0 radical (unpaired) electrons. The Morgan fingerprint density at radius 3 is 2.55 bits per heavy atom. The van der Waals surface area contributed by atoms with Crippen molar-refractivity contribution in [2.24, 2.45) is 0 Å². The van der Waals surface area contributed by atoms with Gasteiger partial charge in [-0.15, -0.1) is 10.2 Å². The van der Waals surface area contributed by atoms with Crippen LogP contribution in [0.5, 0.6) is 5.75 Å². The maximum Gasteiger partial charge on any atom is 0.230 e. The topological polar surface area (TPSA) is 95.1 Å². The molecule has 0 aliphatic carbocycles. The number of hydrogen-bond acceptors (Lipinski definition) is 6. The zero-order chi connectivity index (χ0) is 20.8. The number of ether oxygens (including phenoxy) is 1. The number of nitrogens with zero attached hydrogens (tertiary/aromatic N) is 3. The van der Waals surface area contributed by atoms with Gasteiger partial charge in [-0.1, -0.05) is 48.2 Å². The molecule has 0 spiro atoms. The van der Waals surface area contributed by atoms with E-state index in [9.17, 15) is 4.79 Å². The van der Waals surface area contributed by atoms with Crippen LogP contribution in [0.4, 0.5) is 0 Å². The fourth-order valence-corrected chi connectivity index (χ4v) is 3.59. The number of nitrogen functional groups attached to an aromatic ring is 1. The Hall–Kier alpha value is -3.00. The van der Waals surface area contributed by atoms with Gasteiger partial charge < -0.3 is 15.9 Å². The molecule has 1 aromatic heterocycles. The van der Waals surface area contributed by atoms with Gasteiger partial charge in [0, 0.05) is 0 Å². The van der Waals surface area contributed by atoms with Gasteiger partial charge >= 0.3 is 0 Å². The Balaban J connectivity index is 1.52. The van der Waals surface area contributed by atoms with Crippen molar-refractivity contribution in [2.75, 3.05) is 11.6 Å². The van der Waals surface area contributed by atoms with Gasteiger partial charge in [0.25, 0.3) is 0 Å². The number of thioether (sulfide) groups is 1. The third-order valence-corrected chi connectivity index (χ3v) is 5.25. The quantitative estimate of drug-likeness (QED) is 0.437. The summed E-state index contributed by atoms with van der Waals surface area (Å²) in [5.74, 6) is 7.42. The molecule has 1 amide bonds. The van der Waals surface area contributed by atoms with Crippen molar-refractivity contribution in [2.45, 2.75) is 38.6 Å². The summed E-state index contributed by atoms with van der Waals surface area (Å²) < 4.78 is 7.15.